The number of nitrogens with two attached hydrogens (primary N) is 1. The van der Waals surface area contributed by atoms with E-state index < -0.39 is 0 Å². The molecule has 0 bridgehead atoms. The molecule has 5 rings (SSSR count). The number of hydrogen-bond acceptors (Lipinski definition) is 5. The van der Waals surface area contributed by atoms with Crippen LogP contribution in [0.2, 0.25) is 0 Å². The van der Waals surface area contributed by atoms with Crippen LogP contribution in [0.25, 0.3) is 0 Å². The lowest BCUT2D eigenvalue weighted by Crippen LogP contribution is -2.50. The molecule has 0 atom stereocenters. The number of aromatic nitrogens is 3. The van der Waals surface area contributed by atoms with Crippen molar-refractivity contribution in [1.29, 1.82) is 0 Å². The van der Waals surface area contributed by atoms with Crippen molar-refractivity contribution in [3.8, 4) is 0 Å². The van der Waals surface area contributed by atoms with Crippen molar-refractivity contribution in [2.24, 2.45) is 5.73 Å². The normalized spacial score (nSPS) is 26.4. The Morgan fingerprint density at radius 3 is 2.29 bits per heavy atom. The van der Waals surface area contributed by atoms with Crippen molar-refractivity contribution in [1.82, 2.24) is 24.6 Å². The molecule has 0 unspecified atom stereocenters. The Balaban J connectivity index is 1.17. The topological polar surface area (TPSA) is 63.2 Å². The third-order valence-electron chi connectivity index (χ3n) is 7.03. The summed E-state index contributed by atoms with van der Waals surface area (Å²) in [6.45, 7) is 8.61. The van der Waals surface area contributed by atoms with Crippen molar-refractivity contribution in [3.63, 3.8) is 0 Å². The van der Waals surface area contributed by atoms with Crippen LogP contribution in [0.5, 0.6) is 0 Å². The minimum Gasteiger partial charge on any atom is -0.328 e. The van der Waals surface area contributed by atoms with Crippen LogP contribution in [0.1, 0.15) is 48.5 Å². The molecular formula is C22H32N6. The molecule has 1 saturated carbocycles. The minimum atomic E-state index is 0.352. The van der Waals surface area contributed by atoms with Gasteiger partial charge < -0.3 is 10.3 Å². The molecule has 6 heteroatoms. The number of nitrogens with zero attached hydrogens (tertiary/aromatic N) is 5. The van der Waals surface area contributed by atoms with Crippen molar-refractivity contribution >= 4 is 0 Å². The predicted molar refractivity (Wildman–Crippen MR) is 110 cm³/mol. The minimum absolute atomic E-state index is 0.352. The maximum atomic E-state index is 5.98. The molecule has 2 heterocycles. The first-order chi connectivity index (χ1) is 13.7. The second-order valence-corrected chi connectivity index (χ2v) is 8.79. The average Bonchev–Trinajstić information content (AvgIpc) is 3.29. The van der Waals surface area contributed by atoms with E-state index in [0.29, 0.717) is 18.0 Å². The molecule has 2 fully saturated rings. The first-order valence-electron chi connectivity index (χ1n) is 10.9. The smallest absolute Gasteiger partial charge is 0.147 e. The predicted octanol–water partition coefficient (Wildman–Crippen LogP) is 1.79. The maximum Gasteiger partial charge on any atom is 0.147 e. The summed E-state index contributed by atoms with van der Waals surface area (Å²) in [5.41, 5.74) is 9.08. The highest BCUT2D eigenvalue weighted by atomic mass is 15.3. The quantitative estimate of drug-likeness (QED) is 0.857. The van der Waals surface area contributed by atoms with Gasteiger partial charge in [-0.2, -0.15) is 0 Å². The third-order valence-corrected chi connectivity index (χ3v) is 7.03. The second kappa shape index (κ2) is 7.58. The lowest BCUT2D eigenvalue weighted by Gasteiger charge is -2.38. The van der Waals surface area contributed by atoms with Crippen LogP contribution in [0.4, 0.5) is 0 Å². The molecule has 0 spiro atoms. The van der Waals surface area contributed by atoms with E-state index in [4.69, 9.17) is 5.73 Å². The average molecular weight is 381 g/mol. The fraction of sp³-hybridized carbons (Fsp3) is 0.636. The molecule has 1 aliphatic heterocycles. The number of rotatable bonds is 5. The molecule has 6 nitrogen and oxygen atoms in total. The zero-order valence-electron chi connectivity index (χ0n) is 16.9. The van der Waals surface area contributed by atoms with E-state index in [1.54, 1.807) is 11.1 Å². The molecular weight excluding hydrogens is 348 g/mol. The molecule has 28 heavy (non-hydrogen) atoms. The van der Waals surface area contributed by atoms with Gasteiger partial charge in [-0.15, -0.1) is 10.2 Å². The fourth-order valence-corrected chi connectivity index (χ4v) is 5.27. The van der Waals surface area contributed by atoms with Crippen LogP contribution in [0, 0.1) is 0 Å². The van der Waals surface area contributed by atoms with Crippen LogP contribution >= 0.6 is 0 Å². The van der Waals surface area contributed by atoms with E-state index >= 15 is 0 Å². The third kappa shape index (κ3) is 3.38. The zero-order valence-corrected chi connectivity index (χ0v) is 16.9. The number of hydrogen-bond donors (Lipinski definition) is 1. The monoisotopic (exact) mass is 380 g/mol. The van der Waals surface area contributed by atoms with Gasteiger partial charge in [0.15, 0.2) is 0 Å². The molecule has 1 aromatic carbocycles. The molecule has 2 aliphatic carbocycles. The maximum absolute atomic E-state index is 5.98. The van der Waals surface area contributed by atoms with Gasteiger partial charge in [0.05, 0.1) is 6.54 Å². The van der Waals surface area contributed by atoms with Crippen LogP contribution in [-0.4, -0.2) is 62.8 Å². The van der Waals surface area contributed by atoms with Gasteiger partial charge in [-0.3, -0.25) is 9.80 Å². The zero-order chi connectivity index (χ0) is 19.1. The molecule has 1 saturated heterocycles. The first kappa shape index (κ1) is 18.3. The molecule has 1 aromatic heterocycles. The van der Waals surface area contributed by atoms with E-state index in [-0.39, 0.29) is 0 Å². The Labute approximate surface area is 167 Å². The van der Waals surface area contributed by atoms with Crippen molar-refractivity contribution in [2.45, 2.75) is 63.7 Å². The summed E-state index contributed by atoms with van der Waals surface area (Å²) in [6.07, 6.45) is 4.54. The van der Waals surface area contributed by atoms with Crippen molar-refractivity contribution < 1.29 is 0 Å². The van der Waals surface area contributed by atoms with Gasteiger partial charge in [0.1, 0.15) is 11.6 Å². The Morgan fingerprint density at radius 2 is 1.68 bits per heavy atom. The molecule has 0 radical (unpaired) electrons. The Kier molecular flexibility index (Phi) is 4.95. The molecule has 150 valence electrons. The summed E-state index contributed by atoms with van der Waals surface area (Å²) in [5, 5.41) is 9.08. The Morgan fingerprint density at radius 1 is 1.00 bits per heavy atom. The van der Waals surface area contributed by atoms with Gasteiger partial charge in [0.25, 0.3) is 0 Å². The first-order valence-corrected chi connectivity index (χ1v) is 10.9. The van der Waals surface area contributed by atoms with Crippen LogP contribution in [0.3, 0.4) is 0 Å². The molecule has 2 aromatic rings. The highest BCUT2D eigenvalue weighted by Crippen LogP contribution is 2.35. The largest absolute Gasteiger partial charge is 0.328 e. The number of fused-ring (bicyclic) bond motifs is 1. The number of benzene rings is 1. The summed E-state index contributed by atoms with van der Waals surface area (Å²) >= 11 is 0. The summed E-state index contributed by atoms with van der Waals surface area (Å²) in [4.78, 5) is 5.24. The van der Waals surface area contributed by atoms with Gasteiger partial charge in [-0.1, -0.05) is 24.3 Å². The van der Waals surface area contributed by atoms with E-state index in [1.165, 1.54) is 12.8 Å². The fourth-order valence-electron chi connectivity index (χ4n) is 5.27. The van der Waals surface area contributed by atoms with Crippen molar-refractivity contribution in [3.05, 3.63) is 47.0 Å². The SMILES string of the molecule is CCn1c(CN2CCN(C3Cc4ccccc4C3)CC2)nnc1C1CC(N)C1. The van der Waals surface area contributed by atoms with Crippen LogP contribution in [-0.2, 0) is 25.9 Å². The lowest BCUT2D eigenvalue weighted by atomic mass is 9.80. The van der Waals surface area contributed by atoms with Gasteiger partial charge in [0, 0.05) is 50.7 Å². The molecule has 0 amide bonds. The summed E-state index contributed by atoms with van der Waals surface area (Å²) < 4.78 is 2.33. The standard InChI is InChI=1S/C22H32N6/c1-2-28-21(24-25-22(28)18-11-19(23)12-18)15-26-7-9-27(10-8-26)20-13-16-5-3-4-6-17(16)14-20/h3-6,18-20H,2,7-15,23H2,1H3. The highest BCUT2D eigenvalue weighted by molar-refractivity contribution is 5.33. The van der Waals surface area contributed by atoms with E-state index in [2.05, 4.69) is 55.8 Å². The number of piperazine rings is 1. The summed E-state index contributed by atoms with van der Waals surface area (Å²) in [7, 11) is 0. The van der Waals surface area contributed by atoms with E-state index in [1.807, 2.05) is 0 Å². The van der Waals surface area contributed by atoms with Gasteiger partial charge in [0.2, 0.25) is 0 Å². The molecule has 2 N–H and O–H groups in total. The second-order valence-electron chi connectivity index (χ2n) is 8.79. The van der Waals surface area contributed by atoms with Crippen LogP contribution < -0.4 is 5.73 Å². The highest BCUT2D eigenvalue weighted by Gasteiger charge is 2.33. The van der Waals surface area contributed by atoms with E-state index in [0.717, 1.165) is 63.8 Å². The van der Waals surface area contributed by atoms with Gasteiger partial charge >= 0.3 is 0 Å². The summed E-state index contributed by atoms with van der Waals surface area (Å²) in [5.74, 6) is 2.79. The molecule has 3 aliphatic rings. The van der Waals surface area contributed by atoms with Crippen LogP contribution in [0.15, 0.2) is 24.3 Å². The van der Waals surface area contributed by atoms with Gasteiger partial charge in [-0.25, -0.2) is 0 Å². The lowest BCUT2D eigenvalue weighted by molar-refractivity contribution is 0.0925. The summed E-state index contributed by atoms with van der Waals surface area (Å²) in [6, 6.07) is 9.99. The van der Waals surface area contributed by atoms with Gasteiger partial charge in [-0.05, 0) is 43.7 Å². The van der Waals surface area contributed by atoms with E-state index in [9.17, 15) is 0 Å². The van der Waals surface area contributed by atoms with Crippen molar-refractivity contribution in [2.75, 3.05) is 26.2 Å². The Bertz CT molecular complexity index is 791. The Hall–Kier alpha value is -1.76.